The van der Waals surface area contributed by atoms with Gasteiger partial charge in [-0.05, 0) is 55.3 Å². The van der Waals surface area contributed by atoms with Gasteiger partial charge < -0.3 is 15.2 Å². The predicted molar refractivity (Wildman–Crippen MR) is 110 cm³/mol. The van der Waals surface area contributed by atoms with Gasteiger partial charge in [0.15, 0.2) is 0 Å². The molecule has 3 aromatic rings. The molecule has 2 atom stereocenters. The lowest BCUT2D eigenvalue weighted by Crippen LogP contribution is -2.45. The summed E-state index contributed by atoms with van der Waals surface area (Å²) in [5.74, 6) is 1.40. The molecule has 0 radical (unpaired) electrons. The zero-order chi connectivity index (χ0) is 20.0. The second kappa shape index (κ2) is 7.00. The summed E-state index contributed by atoms with van der Waals surface area (Å²) in [6.45, 7) is 2.66. The highest BCUT2D eigenvalue weighted by atomic mass is 16.1. The average molecular weight is 389 g/mol. The molecule has 5 rings (SSSR count). The number of amides is 1. The number of piperidine rings is 1. The van der Waals surface area contributed by atoms with Gasteiger partial charge in [-0.3, -0.25) is 14.2 Å². The van der Waals surface area contributed by atoms with Crippen molar-refractivity contribution in [2.75, 3.05) is 20.1 Å². The Bertz CT molecular complexity index is 1130. The smallest absolute Gasteiger partial charge is 0.261 e. The highest BCUT2D eigenvalue weighted by Crippen LogP contribution is 2.32. The van der Waals surface area contributed by atoms with E-state index in [-0.39, 0.29) is 11.5 Å². The van der Waals surface area contributed by atoms with E-state index < -0.39 is 0 Å². The third-order valence-corrected chi connectivity index (χ3v) is 6.03. The van der Waals surface area contributed by atoms with Crippen LogP contribution in [0.1, 0.15) is 28.4 Å². The van der Waals surface area contributed by atoms with Gasteiger partial charge in [-0.1, -0.05) is 0 Å². The number of imidazole rings is 1. The molecule has 29 heavy (non-hydrogen) atoms. The molecule has 2 N–H and O–H groups in total. The van der Waals surface area contributed by atoms with Gasteiger partial charge in [0.2, 0.25) is 0 Å². The molecule has 2 aliphatic rings. The van der Waals surface area contributed by atoms with Crippen LogP contribution in [0.15, 0.2) is 53.6 Å². The zero-order valence-corrected chi connectivity index (χ0v) is 16.3. The van der Waals surface area contributed by atoms with Crippen molar-refractivity contribution < 1.29 is 4.79 Å². The van der Waals surface area contributed by atoms with Gasteiger partial charge in [-0.25, -0.2) is 4.98 Å². The van der Waals surface area contributed by atoms with Gasteiger partial charge in [0, 0.05) is 55.4 Å². The Morgan fingerprint density at radius 2 is 2.00 bits per heavy atom. The summed E-state index contributed by atoms with van der Waals surface area (Å²) >= 11 is 0. The van der Waals surface area contributed by atoms with Crippen LogP contribution in [0.4, 0.5) is 0 Å². The van der Waals surface area contributed by atoms with Crippen LogP contribution in [0.2, 0.25) is 0 Å². The molecule has 2 aliphatic heterocycles. The van der Waals surface area contributed by atoms with Gasteiger partial charge in [-0.2, -0.15) is 0 Å². The first-order valence-corrected chi connectivity index (χ1v) is 9.96. The van der Waals surface area contributed by atoms with E-state index in [1.165, 1.54) is 0 Å². The molecule has 148 valence electrons. The van der Waals surface area contributed by atoms with Crippen LogP contribution in [0, 0.1) is 5.92 Å². The van der Waals surface area contributed by atoms with E-state index in [1.54, 1.807) is 25.4 Å². The van der Waals surface area contributed by atoms with Crippen molar-refractivity contribution >= 4 is 5.91 Å². The zero-order valence-electron chi connectivity index (χ0n) is 16.3. The second-order valence-electron chi connectivity index (χ2n) is 7.79. The number of carbonyl (C=O) groups excluding carboxylic acids is 1. The van der Waals surface area contributed by atoms with Crippen molar-refractivity contribution in [3.8, 4) is 17.1 Å². The number of rotatable bonds is 3. The van der Waals surface area contributed by atoms with Crippen LogP contribution in [-0.4, -0.2) is 40.2 Å². The Balaban J connectivity index is 1.56. The van der Waals surface area contributed by atoms with Crippen molar-refractivity contribution in [2.24, 2.45) is 5.92 Å². The minimum Gasteiger partial charge on any atom is -0.355 e. The summed E-state index contributed by atoms with van der Waals surface area (Å²) in [6, 6.07) is 11.3. The number of hydrogen-bond acceptors (Lipinski definition) is 4. The maximum absolute atomic E-state index is 13.3. The van der Waals surface area contributed by atoms with E-state index in [2.05, 4.69) is 21.7 Å². The van der Waals surface area contributed by atoms with Crippen LogP contribution in [-0.2, 0) is 6.54 Å². The van der Waals surface area contributed by atoms with Gasteiger partial charge in [-0.15, -0.1) is 0 Å². The predicted octanol–water partition coefficient (Wildman–Crippen LogP) is 1.77. The summed E-state index contributed by atoms with van der Waals surface area (Å²) in [5.41, 5.74) is 3.19. The first-order valence-electron chi connectivity index (χ1n) is 9.96. The number of fused-ring (bicyclic) bond motifs is 4. The fourth-order valence-electron chi connectivity index (χ4n) is 4.59. The molecule has 7 nitrogen and oxygen atoms in total. The Hall–Kier alpha value is -3.19. The number of nitrogens with one attached hydrogen (secondary N) is 2. The van der Waals surface area contributed by atoms with Crippen LogP contribution in [0.5, 0.6) is 0 Å². The molecular weight excluding hydrogens is 366 g/mol. The summed E-state index contributed by atoms with van der Waals surface area (Å²) in [7, 11) is 1.61. The van der Waals surface area contributed by atoms with E-state index in [0.29, 0.717) is 28.8 Å². The highest BCUT2D eigenvalue weighted by molar-refractivity contribution is 5.94. The monoisotopic (exact) mass is 389 g/mol. The van der Waals surface area contributed by atoms with E-state index in [4.69, 9.17) is 0 Å². The van der Waals surface area contributed by atoms with Crippen molar-refractivity contribution in [2.45, 2.75) is 18.9 Å². The number of nitrogens with zero attached hydrogens (tertiary/aromatic N) is 3. The van der Waals surface area contributed by atoms with Crippen LogP contribution in [0.3, 0.4) is 0 Å². The molecule has 7 heteroatoms. The summed E-state index contributed by atoms with van der Waals surface area (Å²) in [6.07, 6.45) is 4.69. The maximum Gasteiger partial charge on any atom is 0.261 e. The Morgan fingerprint density at radius 3 is 2.79 bits per heavy atom. The second-order valence-corrected chi connectivity index (χ2v) is 7.79. The molecule has 4 heterocycles. The fourth-order valence-corrected chi connectivity index (χ4v) is 4.59. The van der Waals surface area contributed by atoms with E-state index in [9.17, 15) is 9.59 Å². The molecule has 1 fully saturated rings. The Kier molecular flexibility index (Phi) is 4.32. The standard InChI is InChI=1S/C22H23N5O2/c1-23-21(28)15-2-4-17(5-3-15)26-9-8-25-20(26)18-6-7-19-16-10-14(11-24-12-16)13-27(19)22(18)29/h2-9,14,16,24H,10-13H2,1H3,(H,23,28)/t14-,16+/m0/s1. The average Bonchev–Trinajstić information content (AvgIpc) is 3.24. The van der Waals surface area contributed by atoms with Crippen molar-refractivity contribution in [1.29, 1.82) is 0 Å². The summed E-state index contributed by atoms with van der Waals surface area (Å²) in [5, 5.41) is 6.10. The van der Waals surface area contributed by atoms with Crippen LogP contribution >= 0.6 is 0 Å². The van der Waals surface area contributed by atoms with E-state index in [0.717, 1.165) is 37.4 Å². The molecule has 0 aliphatic carbocycles. The fraction of sp³-hybridized carbons (Fsp3) is 0.318. The molecular formula is C22H23N5O2. The Labute approximate surface area is 168 Å². The summed E-state index contributed by atoms with van der Waals surface area (Å²) < 4.78 is 3.84. The molecule has 0 spiro atoms. The van der Waals surface area contributed by atoms with Gasteiger partial charge in [0.25, 0.3) is 11.5 Å². The van der Waals surface area contributed by atoms with Gasteiger partial charge >= 0.3 is 0 Å². The lowest BCUT2D eigenvalue weighted by Gasteiger charge is -2.37. The topological polar surface area (TPSA) is 81.0 Å². The minimum atomic E-state index is -0.129. The summed E-state index contributed by atoms with van der Waals surface area (Å²) in [4.78, 5) is 29.6. The minimum absolute atomic E-state index is 0.0218. The third kappa shape index (κ3) is 2.98. The van der Waals surface area contributed by atoms with Gasteiger partial charge in [0.1, 0.15) is 5.82 Å². The number of carbonyl (C=O) groups is 1. The quantitative estimate of drug-likeness (QED) is 0.715. The normalized spacial score (nSPS) is 20.2. The molecule has 1 aromatic carbocycles. The van der Waals surface area contributed by atoms with Gasteiger partial charge in [0.05, 0.1) is 5.56 Å². The van der Waals surface area contributed by atoms with Crippen LogP contribution < -0.4 is 16.2 Å². The maximum atomic E-state index is 13.3. The van der Waals surface area contributed by atoms with Crippen molar-refractivity contribution in [3.05, 3.63) is 70.4 Å². The van der Waals surface area contributed by atoms with Crippen molar-refractivity contribution in [1.82, 2.24) is 24.8 Å². The third-order valence-electron chi connectivity index (χ3n) is 6.03. The molecule has 2 bridgehead atoms. The largest absolute Gasteiger partial charge is 0.355 e. The molecule has 1 amide bonds. The highest BCUT2D eigenvalue weighted by Gasteiger charge is 2.31. The number of benzene rings is 1. The van der Waals surface area contributed by atoms with Crippen LogP contribution in [0.25, 0.3) is 17.1 Å². The number of aromatic nitrogens is 3. The molecule has 0 saturated carbocycles. The lowest BCUT2D eigenvalue weighted by molar-refractivity contribution is 0.0963. The molecule has 1 saturated heterocycles. The SMILES string of the molecule is CNC(=O)c1ccc(-n2ccnc2-c2ccc3n(c2=O)C[C@@H]2CNC[C@H]3C2)cc1. The first kappa shape index (κ1) is 17.9. The van der Waals surface area contributed by atoms with Crippen molar-refractivity contribution in [3.63, 3.8) is 0 Å². The first-order chi connectivity index (χ1) is 14.2. The van der Waals surface area contributed by atoms with E-state index >= 15 is 0 Å². The molecule has 0 unspecified atom stereocenters. The van der Waals surface area contributed by atoms with E-state index in [1.807, 2.05) is 33.5 Å². The number of pyridine rings is 1. The lowest BCUT2D eigenvalue weighted by atomic mass is 9.84. The number of hydrogen-bond donors (Lipinski definition) is 2. The molecule has 2 aromatic heterocycles. The Morgan fingerprint density at radius 1 is 1.17 bits per heavy atom.